The van der Waals surface area contributed by atoms with Gasteiger partial charge in [-0.05, 0) is 60.9 Å². The zero-order chi connectivity index (χ0) is 26.1. The number of carbonyl (C=O) groups is 2. The van der Waals surface area contributed by atoms with Crippen LogP contribution >= 0.6 is 0 Å². The number of methoxy groups -OCH3 is 1. The van der Waals surface area contributed by atoms with Crippen molar-refractivity contribution in [2.45, 2.75) is 39.0 Å². The summed E-state index contributed by atoms with van der Waals surface area (Å²) in [7, 11) is 1.54. The van der Waals surface area contributed by atoms with Gasteiger partial charge in [-0.25, -0.2) is 0 Å². The number of hydrogen-bond acceptors (Lipinski definition) is 6. The van der Waals surface area contributed by atoms with E-state index in [4.69, 9.17) is 14.2 Å². The van der Waals surface area contributed by atoms with Gasteiger partial charge in [0.1, 0.15) is 17.6 Å². The molecular weight excluding hydrogens is 470 g/mol. The van der Waals surface area contributed by atoms with Gasteiger partial charge in [-0.2, -0.15) is 0 Å². The zero-order valence-electron chi connectivity index (χ0n) is 21.1. The second kappa shape index (κ2) is 10.0. The Balaban J connectivity index is 1.64. The number of aliphatic hydroxyl groups excluding tert-OH is 1. The Morgan fingerprint density at radius 1 is 1.05 bits per heavy atom. The second-order valence-corrected chi connectivity index (χ2v) is 9.21. The topological polar surface area (TPSA) is 85.3 Å². The summed E-state index contributed by atoms with van der Waals surface area (Å²) in [5, 5.41) is 11.5. The van der Waals surface area contributed by atoms with Crippen molar-refractivity contribution < 1.29 is 28.9 Å². The number of carbonyl (C=O) groups excluding carboxylic acids is 2. The third-order valence-corrected chi connectivity index (χ3v) is 6.71. The minimum atomic E-state index is -0.812. The highest BCUT2D eigenvalue weighted by molar-refractivity contribution is 6.46. The molecule has 7 nitrogen and oxygen atoms in total. The van der Waals surface area contributed by atoms with Crippen molar-refractivity contribution in [1.29, 1.82) is 0 Å². The number of hydrogen-bond donors (Lipinski definition) is 1. The monoisotopic (exact) mass is 499 g/mol. The van der Waals surface area contributed by atoms with E-state index >= 15 is 0 Å². The molecule has 1 amide bonds. The van der Waals surface area contributed by atoms with E-state index in [0.29, 0.717) is 35.7 Å². The molecule has 1 N–H and O–H groups in total. The third kappa shape index (κ3) is 4.53. The Morgan fingerprint density at radius 3 is 2.57 bits per heavy atom. The van der Waals surface area contributed by atoms with Gasteiger partial charge in [-0.15, -0.1) is 0 Å². The highest BCUT2D eigenvalue weighted by Gasteiger charge is 2.46. The molecule has 2 atom stereocenters. The fourth-order valence-electron chi connectivity index (χ4n) is 5.02. The smallest absolute Gasteiger partial charge is 0.295 e. The standard InChI is InChI=1S/C30H29NO6/c1-4-36-24-13-10-20(16-25(24)35-3)27-26(28(32)21-11-12-23-22(15-21)14-18(2)37-23)29(33)30(34)31(27)17-19-8-6-5-7-9-19/h5-13,15-16,18,27,32H,4,14,17H2,1-3H3/b28-26+/t18-,27+/m0/s1. The molecule has 1 fully saturated rings. The van der Waals surface area contributed by atoms with Crippen LogP contribution in [0, 0.1) is 0 Å². The number of rotatable bonds is 7. The lowest BCUT2D eigenvalue weighted by Crippen LogP contribution is -2.29. The lowest BCUT2D eigenvalue weighted by Gasteiger charge is -2.26. The fraction of sp³-hybridized carbons (Fsp3) is 0.267. The molecule has 2 aliphatic rings. The Morgan fingerprint density at radius 2 is 1.84 bits per heavy atom. The predicted molar refractivity (Wildman–Crippen MR) is 139 cm³/mol. The molecule has 0 spiro atoms. The van der Waals surface area contributed by atoms with E-state index in [1.165, 1.54) is 12.0 Å². The Hall–Kier alpha value is -4.26. The number of ether oxygens (including phenoxy) is 3. The molecule has 0 saturated carbocycles. The van der Waals surface area contributed by atoms with E-state index in [-0.39, 0.29) is 24.0 Å². The number of Topliss-reactive ketones (excluding diaryl/α,β-unsaturated/α-hetero) is 1. The number of amides is 1. The number of aliphatic hydroxyl groups is 1. The fourth-order valence-corrected chi connectivity index (χ4v) is 5.02. The van der Waals surface area contributed by atoms with Crippen molar-refractivity contribution in [3.63, 3.8) is 0 Å². The first-order valence-electron chi connectivity index (χ1n) is 12.3. The molecule has 0 aromatic heterocycles. The van der Waals surface area contributed by atoms with Crippen molar-refractivity contribution in [3.05, 3.63) is 94.6 Å². The van der Waals surface area contributed by atoms with Crippen molar-refractivity contribution >= 4 is 17.4 Å². The number of likely N-dealkylation sites (tertiary alicyclic amines) is 1. The van der Waals surface area contributed by atoms with E-state index in [9.17, 15) is 14.7 Å². The quantitative estimate of drug-likeness (QED) is 0.279. The van der Waals surface area contributed by atoms with Crippen LogP contribution < -0.4 is 14.2 Å². The molecule has 5 rings (SSSR count). The van der Waals surface area contributed by atoms with Gasteiger partial charge in [0, 0.05) is 18.5 Å². The molecule has 7 heteroatoms. The number of benzene rings is 3. The van der Waals surface area contributed by atoms with Gasteiger partial charge < -0.3 is 24.2 Å². The molecule has 2 aliphatic heterocycles. The molecule has 0 unspecified atom stereocenters. The maximum atomic E-state index is 13.4. The largest absolute Gasteiger partial charge is 0.507 e. The molecule has 1 saturated heterocycles. The molecule has 0 bridgehead atoms. The first-order valence-corrected chi connectivity index (χ1v) is 12.3. The molecule has 3 aromatic rings. The van der Waals surface area contributed by atoms with Crippen molar-refractivity contribution in [1.82, 2.24) is 4.90 Å². The maximum Gasteiger partial charge on any atom is 0.295 e. The summed E-state index contributed by atoms with van der Waals surface area (Å²) in [4.78, 5) is 28.3. The van der Waals surface area contributed by atoms with Crippen LogP contribution in [0.15, 0.2) is 72.3 Å². The van der Waals surface area contributed by atoms with Crippen molar-refractivity contribution in [2.24, 2.45) is 0 Å². The predicted octanol–water partition coefficient (Wildman–Crippen LogP) is 5.04. The van der Waals surface area contributed by atoms with Gasteiger partial charge in [-0.3, -0.25) is 9.59 Å². The minimum absolute atomic E-state index is 0.0408. The third-order valence-electron chi connectivity index (χ3n) is 6.71. The summed E-state index contributed by atoms with van der Waals surface area (Å²) < 4.78 is 17.0. The molecule has 0 radical (unpaired) electrons. The Labute approximate surface area is 215 Å². The second-order valence-electron chi connectivity index (χ2n) is 9.21. The zero-order valence-corrected chi connectivity index (χ0v) is 21.1. The van der Waals surface area contributed by atoms with Crippen LogP contribution in [0.1, 0.15) is 42.1 Å². The molecule has 37 heavy (non-hydrogen) atoms. The van der Waals surface area contributed by atoms with Gasteiger partial charge >= 0.3 is 0 Å². The first kappa shape index (κ1) is 24.4. The van der Waals surface area contributed by atoms with E-state index in [0.717, 1.165) is 16.9 Å². The van der Waals surface area contributed by atoms with Crippen LogP contribution in [0.2, 0.25) is 0 Å². The summed E-state index contributed by atoms with van der Waals surface area (Å²) in [6.45, 7) is 4.53. The highest BCUT2D eigenvalue weighted by atomic mass is 16.5. The number of nitrogens with zero attached hydrogens (tertiary/aromatic N) is 1. The van der Waals surface area contributed by atoms with Crippen LogP contribution in [-0.2, 0) is 22.6 Å². The van der Waals surface area contributed by atoms with Gasteiger partial charge in [-0.1, -0.05) is 36.4 Å². The van der Waals surface area contributed by atoms with Crippen molar-refractivity contribution in [3.8, 4) is 17.2 Å². The summed E-state index contributed by atoms with van der Waals surface area (Å²) in [5.41, 5.74) is 2.97. The van der Waals surface area contributed by atoms with Crippen LogP contribution in [0.3, 0.4) is 0 Å². The summed E-state index contributed by atoms with van der Waals surface area (Å²) in [6, 6.07) is 19.3. The first-order chi connectivity index (χ1) is 17.9. The number of fused-ring (bicyclic) bond motifs is 1. The lowest BCUT2D eigenvalue weighted by molar-refractivity contribution is -0.140. The van der Waals surface area contributed by atoms with E-state index < -0.39 is 17.7 Å². The van der Waals surface area contributed by atoms with Gasteiger partial charge in [0.25, 0.3) is 11.7 Å². The van der Waals surface area contributed by atoms with E-state index in [1.807, 2.05) is 50.2 Å². The van der Waals surface area contributed by atoms with Crippen molar-refractivity contribution in [2.75, 3.05) is 13.7 Å². The molecule has 190 valence electrons. The number of ketones is 1. The van der Waals surface area contributed by atoms with Crippen LogP contribution in [-0.4, -0.2) is 41.5 Å². The highest BCUT2D eigenvalue weighted by Crippen LogP contribution is 2.43. The molecule has 2 heterocycles. The van der Waals surface area contributed by atoms with E-state index in [1.54, 1.807) is 30.3 Å². The van der Waals surface area contributed by atoms with Gasteiger partial charge in [0.2, 0.25) is 0 Å². The SMILES string of the molecule is CCOc1ccc([C@@H]2/C(=C(\O)c3ccc4c(c3)C[C@H](C)O4)C(=O)C(=O)N2Cc2ccccc2)cc1OC. The average Bonchev–Trinajstić information content (AvgIpc) is 3.40. The van der Waals surface area contributed by atoms with Crippen LogP contribution in [0.5, 0.6) is 17.2 Å². The summed E-state index contributed by atoms with van der Waals surface area (Å²) in [6.07, 6.45) is 0.748. The maximum absolute atomic E-state index is 13.4. The van der Waals surface area contributed by atoms with Crippen LogP contribution in [0.4, 0.5) is 0 Å². The molecular formula is C30H29NO6. The lowest BCUT2D eigenvalue weighted by atomic mass is 9.94. The molecule has 0 aliphatic carbocycles. The normalized spacial score (nSPS) is 20.0. The Bertz CT molecular complexity index is 1380. The summed E-state index contributed by atoms with van der Waals surface area (Å²) in [5.74, 6) is 0.197. The summed E-state index contributed by atoms with van der Waals surface area (Å²) >= 11 is 0. The molecule has 3 aromatic carbocycles. The van der Waals surface area contributed by atoms with Gasteiger partial charge in [0.05, 0.1) is 25.3 Å². The van der Waals surface area contributed by atoms with Gasteiger partial charge in [0.15, 0.2) is 11.5 Å². The minimum Gasteiger partial charge on any atom is -0.507 e. The van der Waals surface area contributed by atoms with Crippen LogP contribution in [0.25, 0.3) is 5.76 Å². The Kier molecular flexibility index (Phi) is 6.61. The van der Waals surface area contributed by atoms with E-state index in [2.05, 4.69) is 0 Å². The average molecular weight is 500 g/mol.